The molecule has 0 saturated heterocycles. The molecule has 2 nitrogen and oxygen atoms in total. The Morgan fingerprint density at radius 1 is 1.40 bits per heavy atom. The second-order valence-corrected chi connectivity index (χ2v) is 2.81. The first-order chi connectivity index (χ1) is 4.97. The van der Waals surface area contributed by atoms with Crippen LogP contribution in [0.3, 0.4) is 0 Å². The first-order valence-electron chi connectivity index (χ1n) is 3.88. The highest BCUT2D eigenvalue weighted by atomic mass is 15.0. The van der Waals surface area contributed by atoms with Gasteiger partial charge in [0.1, 0.15) is 6.20 Å². The van der Waals surface area contributed by atoms with Crippen molar-refractivity contribution < 1.29 is 0 Å². The van der Waals surface area contributed by atoms with E-state index in [1.807, 2.05) is 6.33 Å². The second-order valence-electron chi connectivity index (χ2n) is 2.81. The SMILES string of the molecule is [c]1ncn2c1CCCCC2. The molecule has 0 saturated carbocycles. The summed E-state index contributed by atoms with van der Waals surface area (Å²) in [6, 6.07) is 0. The third-order valence-corrected chi connectivity index (χ3v) is 2.05. The molecule has 0 unspecified atom stereocenters. The molecule has 2 heterocycles. The van der Waals surface area contributed by atoms with Gasteiger partial charge in [-0.05, 0) is 19.3 Å². The number of imidazole rings is 1. The van der Waals surface area contributed by atoms with Crippen LogP contribution in [-0.4, -0.2) is 9.55 Å². The van der Waals surface area contributed by atoms with Crippen LogP contribution in [0.4, 0.5) is 0 Å². The Kier molecular flexibility index (Phi) is 1.46. The summed E-state index contributed by atoms with van der Waals surface area (Å²) in [6.07, 6.45) is 10.0. The average molecular weight is 135 g/mol. The number of aromatic nitrogens is 2. The Morgan fingerprint density at radius 3 is 3.40 bits per heavy atom. The quantitative estimate of drug-likeness (QED) is 0.526. The smallest absolute Gasteiger partial charge is 0.112 e. The van der Waals surface area contributed by atoms with E-state index >= 15 is 0 Å². The van der Waals surface area contributed by atoms with E-state index < -0.39 is 0 Å². The van der Waals surface area contributed by atoms with E-state index in [2.05, 4.69) is 15.7 Å². The van der Waals surface area contributed by atoms with Crippen LogP contribution < -0.4 is 0 Å². The van der Waals surface area contributed by atoms with Crippen LogP contribution in [0.15, 0.2) is 6.33 Å². The van der Waals surface area contributed by atoms with Gasteiger partial charge < -0.3 is 4.57 Å². The highest BCUT2D eigenvalue weighted by Gasteiger charge is 2.05. The molecule has 10 heavy (non-hydrogen) atoms. The molecule has 0 aromatic carbocycles. The van der Waals surface area contributed by atoms with Gasteiger partial charge in [0.15, 0.2) is 0 Å². The minimum absolute atomic E-state index is 1.14. The average Bonchev–Trinajstić information content (AvgIpc) is 2.28. The molecule has 1 aliphatic rings. The maximum atomic E-state index is 3.98. The predicted octanol–water partition coefficient (Wildman–Crippen LogP) is 1.41. The number of nitrogens with zero attached hydrogens (tertiary/aromatic N) is 2. The van der Waals surface area contributed by atoms with E-state index in [1.165, 1.54) is 31.4 Å². The van der Waals surface area contributed by atoms with Crippen molar-refractivity contribution in [2.24, 2.45) is 0 Å². The summed E-state index contributed by atoms with van der Waals surface area (Å²) in [7, 11) is 0. The van der Waals surface area contributed by atoms with Crippen LogP contribution in [0.1, 0.15) is 25.0 Å². The van der Waals surface area contributed by atoms with Crippen LogP contribution in [0, 0.1) is 6.20 Å². The van der Waals surface area contributed by atoms with Crippen molar-refractivity contribution in [1.82, 2.24) is 9.55 Å². The van der Waals surface area contributed by atoms with Crippen molar-refractivity contribution in [2.75, 3.05) is 0 Å². The molecule has 1 radical (unpaired) electrons. The number of fused-ring (bicyclic) bond motifs is 1. The van der Waals surface area contributed by atoms with E-state index in [0.717, 1.165) is 6.54 Å². The zero-order valence-electron chi connectivity index (χ0n) is 6.01. The molecular weight excluding hydrogens is 124 g/mol. The molecule has 53 valence electrons. The molecule has 0 N–H and O–H groups in total. The molecule has 2 heteroatoms. The molecule has 0 amide bonds. The largest absolute Gasteiger partial charge is 0.334 e. The lowest BCUT2D eigenvalue weighted by atomic mass is 10.2. The molecule has 2 rings (SSSR count). The lowest BCUT2D eigenvalue weighted by Gasteiger charge is -1.98. The zero-order valence-corrected chi connectivity index (χ0v) is 6.01. The fourth-order valence-electron chi connectivity index (χ4n) is 1.45. The number of rotatable bonds is 0. The Bertz CT molecular complexity index is 194. The van der Waals surface area contributed by atoms with Crippen LogP contribution >= 0.6 is 0 Å². The van der Waals surface area contributed by atoms with E-state index in [-0.39, 0.29) is 0 Å². The minimum Gasteiger partial charge on any atom is -0.334 e. The number of aryl methyl sites for hydroxylation is 2. The summed E-state index contributed by atoms with van der Waals surface area (Å²) in [4.78, 5) is 3.98. The molecule has 0 bridgehead atoms. The minimum atomic E-state index is 1.14. The van der Waals surface area contributed by atoms with Gasteiger partial charge in [0.2, 0.25) is 0 Å². The van der Waals surface area contributed by atoms with E-state index in [4.69, 9.17) is 0 Å². The molecule has 0 spiro atoms. The summed E-state index contributed by atoms with van der Waals surface area (Å²) < 4.78 is 2.22. The second kappa shape index (κ2) is 2.45. The van der Waals surface area contributed by atoms with Gasteiger partial charge in [-0.3, -0.25) is 0 Å². The Labute approximate surface area is 60.9 Å². The van der Waals surface area contributed by atoms with Crippen molar-refractivity contribution in [3.05, 3.63) is 18.2 Å². The Morgan fingerprint density at radius 2 is 2.40 bits per heavy atom. The predicted molar refractivity (Wildman–Crippen MR) is 38.6 cm³/mol. The lowest BCUT2D eigenvalue weighted by Crippen LogP contribution is -1.96. The van der Waals surface area contributed by atoms with Crippen LogP contribution in [0.25, 0.3) is 0 Å². The topological polar surface area (TPSA) is 17.8 Å². The lowest BCUT2D eigenvalue weighted by molar-refractivity contribution is 0.632. The number of hydrogen-bond acceptors (Lipinski definition) is 1. The fourth-order valence-corrected chi connectivity index (χ4v) is 1.45. The number of hydrogen-bond donors (Lipinski definition) is 0. The van der Waals surface area contributed by atoms with Gasteiger partial charge in [0.05, 0.1) is 6.33 Å². The van der Waals surface area contributed by atoms with Crippen LogP contribution in [0.2, 0.25) is 0 Å². The molecule has 0 atom stereocenters. The van der Waals surface area contributed by atoms with Crippen molar-refractivity contribution in [3.8, 4) is 0 Å². The van der Waals surface area contributed by atoms with Crippen LogP contribution in [0.5, 0.6) is 0 Å². The van der Waals surface area contributed by atoms with Gasteiger partial charge in [-0.1, -0.05) is 6.42 Å². The summed E-state index contributed by atoms with van der Waals surface area (Å²) in [5.41, 5.74) is 1.29. The third kappa shape index (κ3) is 0.939. The summed E-state index contributed by atoms with van der Waals surface area (Å²) in [6.45, 7) is 1.14. The van der Waals surface area contributed by atoms with E-state index in [1.54, 1.807) is 0 Å². The fraction of sp³-hybridized carbons (Fsp3) is 0.625. The van der Waals surface area contributed by atoms with Gasteiger partial charge >= 0.3 is 0 Å². The standard InChI is InChI=1S/C8H11N2/c1-2-4-8-6-9-7-10(8)5-3-1/h7H,1-5H2. The molecule has 1 aromatic rings. The zero-order chi connectivity index (χ0) is 6.81. The van der Waals surface area contributed by atoms with Gasteiger partial charge in [-0.15, -0.1) is 0 Å². The third-order valence-electron chi connectivity index (χ3n) is 2.05. The first kappa shape index (κ1) is 5.96. The molecular formula is C8H11N2. The maximum Gasteiger partial charge on any atom is 0.112 e. The monoisotopic (exact) mass is 135 g/mol. The molecule has 1 aromatic heterocycles. The van der Waals surface area contributed by atoms with Crippen molar-refractivity contribution in [3.63, 3.8) is 0 Å². The summed E-state index contributed by atoms with van der Waals surface area (Å²) in [5, 5.41) is 0. The highest BCUT2D eigenvalue weighted by molar-refractivity contribution is 4.97. The normalized spacial score (nSPS) is 18.0. The van der Waals surface area contributed by atoms with Gasteiger partial charge in [0.25, 0.3) is 0 Å². The van der Waals surface area contributed by atoms with Gasteiger partial charge in [-0.2, -0.15) is 0 Å². The molecule has 0 aliphatic carbocycles. The van der Waals surface area contributed by atoms with Crippen molar-refractivity contribution in [1.29, 1.82) is 0 Å². The molecule has 0 fully saturated rings. The van der Waals surface area contributed by atoms with E-state index in [9.17, 15) is 0 Å². The Balaban J connectivity index is 2.28. The van der Waals surface area contributed by atoms with E-state index in [0.29, 0.717) is 0 Å². The summed E-state index contributed by atoms with van der Waals surface area (Å²) >= 11 is 0. The maximum absolute atomic E-state index is 3.98. The van der Waals surface area contributed by atoms with Crippen molar-refractivity contribution >= 4 is 0 Å². The highest BCUT2D eigenvalue weighted by Crippen LogP contribution is 2.12. The van der Waals surface area contributed by atoms with Crippen molar-refractivity contribution in [2.45, 2.75) is 32.2 Å². The van der Waals surface area contributed by atoms with Gasteiger partial charge in [-0.25, -0.2) is 4.98 Å². The van der Waals surface area contributed by atoms with Crippen LogP contribution in [-0.2, 0) is 13.0 Å². The molecule has 1 aliphatic heterocycles. The Hall–Kier alpha value is -0.790. The first-order valence-corrected chi connectivity index (χ1v) is 3.88. The summed E-state index contributed by atoms with van der Waals surface area (Å²) in [5.74, 6) is 0. The van der Waals surface area contributed by atoms with Gasteiger partial charge in [0, 0.05) is 12.2 Å².